The largest absolute Gasteiger partial charge is 0.378 e. The Labute approximate surface area is 110 Å². The van der Waals surface area contributed by atoms with E-state index < -0.39 is 0 Å². The number of nitrogens with zero attached hydrogens (tertiary/aromatic N) is 6. The lowest BCUT2D eigenvalue weighted by Crippen LogP contribution is -2.38. The van der Waals surface area contributed by atoms with Crippen molar-refractivity contribution in [1.29, 1.82) is 0 Å². The van der Waals surface area contributed by atoms with E-state index in [0.29, 0.717) is 0 Å². The Kier molecular flexibility index (Phi) is 2.58. The summed E-state index contributed by atoms with van der Waals surface area (Å²) in [4.78, 5) is 2.30. The molecule has 0 amide bonds. The summed E-state index contributed by atoms with van der Waals surface area (Å²) in [5.41, 5.74) is 3.45. The van der Waals surface area contributed by atoms with Gasteiger partial charge >= 0.3 is 0 Å². The summed E-state index contributed by atoms with van der Waals surface area (Å²) < 4.78 is 7.00. The third-order valence-corrected chi connectivity index (χ3v) is 3.96. The van der Waals surface area contributed by atoms with Crippen LogP contribution in [0.25, 0.3) is 5.65 Å². The normalized spacial score (nSPS) is 19.7. The van der Waals surface area contributed by atoms with Crippen molar-refractivity contribution in [3.63, 3.8) is 0 Å². The van der Waals surface area contributed by atoms with E-state index in [0.717, 1.165) is 50.6 Å². The van der Waals surface area contributed by atoms with Gasteiger partial charge in [-0.3, -0.25) is 0 Å². The van der Waals surface area contributed by atoms with Gasteiger partial charge in [0.1, 0.15) is 0 Å². The predicted molar refractivity (Wildman–Crippen MR) is 68.3 cm³/mol. The van der Waals surface area contributed by atoms with Crippen LogP contribution in [-0.2, 0) is 17.6 Å². The Balaban J connectivity index is 1.88. The number of tetrazole rings is 1. The molecule has 1 aliphatic heterocycles. The number of ether oxygens (including phenoxy) is 1. The molecule has 0 unspecified atom stereocenters. The molecule has 2 aromatic rings. The number of hydrogen-bond donors (Lipinski definition) is 0. The molecular formula is C12H16N6O. The molecule has 3 heterocycles. The van der Waals surface area contributed by atoms with Gasteiger partial charge in [0.15, 0.2) is 5.82 Å². The summed E-state index contributed by atoms with van der Waals surface area (Å²) in [5.74, 6) is 1.05. The average Bonchev–Trinajstić information content (AvgIpc) is 2.96. The van der Waals surface area contributed by atoms with Crippen molar-refractivity contribution in [3.8, 4) is 0 Å². The van der Waals surface area contributed by atoms with Gasteiger partial charge < -0.3 is 9.64 Å². The Morgan fingerprint density at radius 3 is 2.63 bits per heavy atom. The molecule has 0 radical (unpaired) electrons. The highest BCUT2D eigenvalue weighted by Gasteiger charge is 2.24. The summed E-state index contributed by atoms with van der Waals surface area (Å²) in [5, 5.41) is 16.5. The van der Waals surface area contributed by atoms with Crippen LogP contribution in [0.5, 0.6) is 0 Å². The molecule has 0 atom stereocenters. The van der Waals surface area contributed by atoms with Crippen LogP contribution in [0.15, 0.2) is 0 Å². The van der Waals surface area contributed by atoms with Crippen LogP contribution >= 0.6 is 0 Å². The highest BCUT2D eigenvalue weighted by atomic mass is 16.5. The van der Waals surface area contributed by atoms with Crippen molar-refractivity contribution >= 4 is 11.5 Å². The molecule has 19 heavy (non-hydrogen) atoms. The first-order valence-corrected chi connectivity index (χ1v) is 6.86. The van der Waals surface area contributed by atoms with Gasteiger partial charge in [0.25, 0.3) is 0 Å². The smallest absolute Gasteiger partial charge is 0.203 e. The molecule has 7 heteroatoms. The van der Waals surface area contributed by atoms with E-state index in [-0.39, 0.29) is 0 Å². The van der Waals surface area contributed by atoms with Crippen molar-refractivity contribution in [1.82, 2.24) is 25.3 Å². The van der Waals surface area contributed by atoms with Gasteiger partial charge in [-0.2, -0.15) is 0 Å². The molecule has 0 N–H and O–H groups in total. The fourth-order valence-electron chi connectivity index (χ4n) is 3.01. The molecule has 1 aliphatic carbocycles. The lowest BCUT2D eigenvalue weighted by atomic mass is 9.92. The van der Waals surface area contributed by atoms with Crippen LogP contribution in [0.1, 0.15) is 24.0 Å². The minimum Gasteiger partial charge on any atom is -0.378 e. The Bertz CT molecular complexity index is 604. The molecule has 0 saturated carbocycles. The highest BCUT2D eigenvalue weighted by Crippen LogP contribution is 2.30. The van der Waals surface area contributed by atoms with Crippen LogP contribution in [0.3, 0.4) is 0 Å². The lowest BCUT2D eigenvalue weighted by molar-refractivity contribution is 0.122. The van der Waals surface area contributed by atoms with Crippen molar-refractivity contribution in [2.45, 2.75) is 25.7 Å². The Morgan fingerprint density at radius 2 is 1.79 bits per heavy atom. The highest BCUT2D eigenvalue weighted by molar-refractivity contribution is 5.60. The van der Waals surface area contributed by atoms with Gasteiger partial charge in [-0.05, 0) is 36.1 Å². The SMILES string of the molecule is C1CCc2c(c(N3CCOCC3)nn3nnnc23)C1. The number of aromatic nitrogens is 5. The average molecular weight is 260 g/mol. The van der Waals surface area contributed by atoms with E-state index in [9.17, 15) is 0 Å². The van der Waals surface area contributed by atoms with Gasteiger partial charge in [0, 0.05) is 24.2 Å². The number of fused-ring (bicyclic) bond motifs is 3. The van der Waals surface area contributed by atoms with Gasteiger partial charge in [-0.25, -0.2) is 0 Å². The number of morpholine rings is 1. The third-order valence-electron chi connectivity index (χ3n) is 3.96. The zero-order chi connectivity index (χ0) is 12.7. The van der Waals surface area contributed by atoms with Crippen LogP contribution < -0.4 is 4.90 Å². The number of anilines is 1. The predicted octanol–water partition coefficient (Wildman–Crippen LogP) is 0.235. The number of aryl methyl sites for hydroxylation is 1. The molecule has 0 spiro atoms. The van der Waals surface area contributed by atoms with E-state index in [1.54, 1.807) is 4.63 Å². The van der Waals surface area contributed by atoms with Crippen LogP contribution in [0.4, 0.5) is 5.82 Å². The quantitative estimate of drug-likeness (QED) is 0.731. The van der Waals surface area contributed by atoms with E-state index in [2.05, 4.69) is 25.5 Å². The maximum atomic E-state index is 5.42. The maximum absolute atomic E-state index is 5.42. The minimum atomic E-state index is 0.768. The van der Waals surface area contributed by atoms with Crippen molar-refractivity contribution in [3.05, 3.63) is 11.1 Å². The molecular weight excluding hydrogens is 244 g/mol. The molecule has 2 aliphatic rings. The first kappa shape index (κ1) is 11.1. The maximum Gasteiger partial charge on any atom is 0.203 e. The second kappa shape index (κ2) is 4.41. The molecule has 1 fully saturated rings. The Hall–Kier alpha value is -1.76. The van der Waals surface area contributed by atoms with Gasteiger partial charge in [-0.15, -0.1) is 14.8 Å². The molecule has 2 aromatic heterocycles. The fraction of sp³-hybridized carbons (Fsp3) is 0.667. The summed E-state index contributed by atoms with van der Waals surface area (Å²) in [6, 6.07) is 0. The number of hydrogen-bond acceptors (Lipinski definition) is 6. The zero-order valence-corrected chi connectivity index (χ0v) is 10.7. The monoisotopic (exact) mass is 260 g/mol. The van der Waals surface area contributed by atoms with Crippen LogP contribution in [0, 0.1) is 0 Å². The number of rotatable bonds is 1. The first-order chi connectivity index (χ1) is 9.43. The molecule has 7 nitrogen and oxygen atoms in total. The molecule has 0 bridgehead atoms. The lowest BCUT2D eigenvalue weighted by Gasteiger charge is -2.31. The molecule has 1 saturated heterocycles. The topological polar surface area (TPSA) is 68.4 Å². The van der Waals surface area contributed by atoms with Crippen molar-refractivity contribution in [2.75, 3.05) is 31.2 Å². The summed E-state index contributed by atoms with van der Waals surface area (Å²) >= 11 is 0. The van der Waals surface area contributed by atoms with Gasteiger partial charge in [0.2, 0.25) is 5.65 Å². The third kappa shape index (κ3) is 1.76. The van der Waals surface area contributed by atoms with E-state index in [4.69, 9.17) is 4.74 Å². The summed E-state index contributed by atoms with van der Waals surface area (Å²) in [7, 11) is 0. The minimum absolute atomic E-state index is 0.768. The van der Waals surface area contributed by atoms with Crippen molar-refractivity contribution in [2.24, 2.45) is 0 Å². The van der Waals surface area contributed by atoms with Crippen molar-refractivity contribution < 1.29 is 4.74 Å². The van der Waals surface area contributed by atoms with Gasteiger partial charge in [0.05, 0.1) is 13.2 Å². The Morgan fingerprint density at radius 1 is 1.00 bits per heavy atom. The molecule has 100 valence electrons. The van der Waals surface area contributed by atoms with Crippen LogP contribution in [-0.4, -0.2) is 51.6 Å². The first-order valence-electron chi connectivity index (χ1n) is 6.86. The second-order valence-electron chi connectivity index (χ2n) is 5.08. The fourth-order valence-corrected chi connectivity index (χ4v) is 3.01. The zero-order valence-electron chi connectivity index (χ0n) is 10.7. The van der Waals surface area contributed by atoms with Gasteiger partial charge in [-0.1, -0.05) is 0 Å². The van der Waals surface area contributed by atoms with E-state index in [1.807, 2.05) is 0 Å². The van der Waals surface area contributed by atoms with E-state index >= 15 is 0 Å². The van der Waals surface area contributed by atoms with Crippen LogP contribution in [0.2, 0.25) is 0 Å². The van der Waals surface area contributed by atoms with E-state index in [1.165, 1.54) is 24.0 Å². The molecule has 0 aromatic carbocycles. The summed E-state index contributed by atoms with van der Waals surface area (Å²) in [6.07, 6.45) is 4.57. The molecule has 4 rings (SSSR count). The second-order valence-corrected chi connectivity index (χ2v) is 5.08. The summed E-state index contributed by atoms with van der Waals surface area (Å²) in [6.45, 7) is 3.33. The standard InChI is InChI=1S/C12H16N6O/c1-2-4-10-9(3-1)11-13-15-16-18(11)14-12(10)17-5-7-19-8-6-17/h1-8H2.